The highest BCUT2D eigenvalue weighted by atomic mass is 15.0. The molecule has 1 aliphatic rings. The molecular formula is C40H27N3. The van der Waals surface area contributed by atoms with Crippen molar-refractivity contribution in [2.24, 2.45) is 0 Å². The fourth-order valence-corrected chi connectivity index (χ4v) is 6.05. The Bertz CT molecular complexity index is 2080. The van der Waals surface area contributed by atoms with Crippen molar-refractivity contribution < 1.29 is 0 Å². The van der Waals surface area contributed by atoms with E-state index in [0.29, 0.717) is 17.5 Å². The van der Waals surface area contributed by atoms with Crippen molar-refractivity contribution in [3.63, 3.8) is 0 Å². The van der Waals surface area contributed by atoms with Crippen molar-refractivity contribution in [3.05, 3.63) is 163 Å². The number of aromatic nitrogens is 3. The van der Waals surface area contributed by atoms with Crippen LogP contribution in [0.2, 0.25) is 0 Å². The Morgan fingerprint density at radius 1 is 0.326 bits per heavy atom. The second-order valence-electron chi connectivity index (χ2n) is 10.9. The van der Waals surface area contributed by atoms with E-state index in [-0.39, 0.29) is 0 Å². The number of hydrogen-bond acceptors (Lipinski definition) is 3. The fourth-order valence-electron chi connectivity index (χ4n) is 6.05. The van der Waals surface area contributed by atoms with E-state index in [9.17, 15) is 0 Å². The summed E-state index contributed by atoms with van der Waals surface area (Å²) in [6, 6.07) is 52.9. The minimum absolute atomic E-state index is 0.657. The predicted octanol–water partition coefficient (Wildman–Crippen LogP) is 9.78. The van der Waals surface area contributed by atoms with Crippen LogP contribution in [-0.4, -0.2) is 15.0 Å². The lowest BCUT2D eigenvalue weighted by Crippen LogP contribution is -2.00. The number of rotatable bonds is 5. The summed E-state index contributed by atoms with van der Waals surface area (Å²) in [5, 5.41) is 0. The summed E-state index contributed by atoms with van der Waals surface area (Å²) in [5.41, 5.74) is 13.1. The molecule has 202 valence electrons. The molecule has 3 heteroatoms. The minimum Gasteiger partial charge on any atom is -0.208 e. The first-order chi connectivity index (χ1) is 21.3. The minimum atomic E-state index is 0.657. The predicted molar refractivity (Wildman–Crippen MR) is 175 cm³/mol. The molecule has 1 aromatic heterocycles. The third-order valence-corrected chi connectivity index (χ3v) is 8.20. The van der Waals surface area contributed by atoms with Gasteiger partial charge in [0.05, 0.1) is 0 Å². The van der Waals surface area contributed by atoms with Crippen LogP contribution in [-0.2, 0) is 6.42 Å². The summed E-state index contributed by atoms with van der Waals surface area (Å²) in [6.45, 7) is 0. The fraction of sp³-hybridized carbons (Fsp3) is 0.0250. The summed E-state index contributed by atoms with van der Waals surface area (Å²) >= 11 is 0. The summed E-state index contributed by atoms with van der Waals surface area (Å²) < 4.78 is 0. The van der Waals surface area contributed by atoms with Crippen LogP contribution >= 0.6 is 0 Å². The van der Waals surface area contributed by atoms with E-state index in [1.165, 1.54) is 33.4 Å². The largest absolute Gasteiger partial charge is 0.208 e. The molecule has 0 amide bonds. The zero-order valence-electron chi connectivity index (χ0n) is 23.5. The molecule has 0 N–H and O–H groups in total. The molecule has 1 heterocycles. The smallest absolute Gasteiger partial charge is 0.164 e. The van der Waals surface area contributed by atoms with Crippen molar-refractivity contribution in [1.82, 2.24) is 15.0 Å². The van der Waals surface area contributed by atoms with Gasteiger partial charge in [0.1, 0.15) is 0 Å². The zero-order chi connectivity index (χ0) is 28.6. The maximum atomic E-state index is 5.02. The van der Waals surface area contributed by atoms with E-state index < -0.39 is 0 Å². The first-order valence-electron chi connectivity index (χ1n) is 14.6. The molecule has 0 fully saturated rings. The normalized spacial score (nSPS) is 11.6. The van der Waals surface area contributed by atoms with Crippen molar-refractivity contribution >= 4 is 0 Å². The van der Waals surface area contributed by atoms with E-state index >= 15 is 0 Å². The van der Waals surface area contributed by atoms with Crippen LogP contribution in [0.4, 0.5) is 0 Å². The van der Waals surface area contributed by atoms with Gasteiger partial charge in [-0.15, -0.1) is 0 Å². The first kappa shape index (κ1) is 25.1. The summed E-state index contributed by atoms with van der Waals surface area (Å²) in [5.74, 6) is 1.98. The van der Waals surface area contributed by atoms with Crippen molar-refractivity contribution in [1.29, 1.82) is 0 Å². The molecule has 6 aromatic carbocycles. The maximum absolute atomic E-state index is 5.02. The Morgan fingerprint density at radius 3 is 1.53 bits per heavy atom. The second-order valence-corrected chi connectivity index (χ2v) is 10.9. The van der Waals surface area contributed by atoms with Crippen molar-refractivity contribution in [2.75, 3.05) is 0 Å². The van der Waals surface area contributed by atoms with Crippen LogP contribution in [0.25, 0.3) is 67.5 Å². The molecule has 0 spiro atoms. The van der Waals surface area contributed by atoms with E-state index in [4.69, 9.17) is 15.0 Å². The van der Waals surface area contributed by atoms with Gasteiger partial charge in [-0.2, -0.15) is 0 Å². The zero-order valence-corrected chi connectivity index (χ0v) is 23.5. The Labute approximate surface area is 251 Å². The quantitative estimate of drug-likeness (QED) is 0.214. The van der Waals surface area contributed by atoms with Gasteiger partial charge in [0.25, 0.3) is 0 Å². The Hall–Kier alpha value is -5.67. The van der Waals surface area contributed by atoms with Crippen LogP contribution in [0.5, 0.6) is 0 Å². The van der Waals surface area contributed by atoms with Gasteiger partial charge in [0.2, 0.25) is 0 Å². The number of fused-ring (bicyclic) bond motifs is 3. The Balaban J connectivity index is 1.22. The van der Waals surface area contributed by atoms with Gasteiger partial charge in [-0.25, -0.2) is 15.0 Å². The average molecular weight is 550 g/mol. The molecule has 0 atom stereocenters. The molecule has 1 aliphatic carbocycles. The number of hydrogen-bond donors (Lipinski definition) is 0. The molecule has 0 saturated carbocycles. The second kappa shape index (κ2) is 10.6. The number of nitrogens with zero attached hydrogens (tertiary/aromatic N) is 3. The molecule has 3 nitrogen and oxygen atoms in total. The van der Waals surface area contributed by atoms with Gasteiger partial charge >= 0.3 is 0 Å². The molecule has 7 aromatic rings. The molecule has 0 radical (unpaired) electrons. The number of benzene rings is 6. The van der Waals surface area contributed by atoms with Crippen LogP contribution in [0, 0.1) is 0 Å². The van der Waals surface area contributed by atoms with Gasteiger partial charge in [0.15, 0.2) is 17.5 Å². The molecule has 0 bridgehead atoms. The van der Waals surface area contributed by atoms with E-state index in [2.05, 4.69) is 115 Å². The molecule has 0 unspecified atom stereocenters. The van der Waals surface area contributed by atoms with Gasteiger partial charge in [-0.05, 0) is 57.0 Å². The highest BCUT2D eigenvalue weighted by molar-refractivity contribution is 5.85. The monoisotopic (exact) mass is 549 g/mol. The molecule has 43 heavy (non-hydrogen) atoms. The van der Waals surface area contributed by atoms with Gasteiger partial charge < -0.3 is 0 Å². The highest BCUT2D eigenvalue weighted by Gasteiger charge is 2.21. The van der Waals surface area contributed by atoms with E-state index in [0.717, 1.165) is 34.2 Å². The lowest BCUT2D eigenvalue weighted by Gasteiger charge is -2.12. The van der Waals surface area contributed by atoms with Gasteiger partial charge in [-0.3, -0.25) is 0 Å². The Morgan fingerprint density at radius 2 is 0.791 bits per heavy atom. The van der Waals surface area contributed by atoms with E-state index in [1.54, 1.807) is 0 Å². The average Bonchev–Trinajstić information content (AvgIpc) is 3.48. The summed E-state index contributed by atoms with van der Waals surface area (Å²) in [4.78, 5) is 14.9. The third kappa shape index (κ3) is 4.71. The van der Waals surface area contributed by atoms with Gasteiger partial charge in [-0.1, -0.05) is 146 Å². The summed E-state index contributed by atoms with van der Waals surface area (Å²) in [6.07, 6.45) is 0.943. The highest BCUT2D eigenvalue weighted by Crippen LogP contribution is 2.42. The SMILES string of the molecule is c1ccc(-c2ccc(-c3nc(-c4ccccc4)nc(-c4cccc(-c5cccc6c5Cc5ccccc5-6)c4)n3)cc2)cc1. The lowest BCUT2D eigenvalue weighted by atomic mass is 9.94. The molecule has 0 aliphatic heterocycles. The van der Waals surface area contributed by atoms with Crippen LogP contribution in [0.3, 0.4) is 0 Å². The van der Waals surface area contributed by atoms with E-state index in [1.807, 2.05) is 36.4 Å². The topological polar surface area (TPSA) is 38.7 Å². The molecule has 8 rings (SSSR count). The third-order valence-electron chi connectivity index (χ3n) is 8.20. The van der Waals surface area contributed by atoms with Gasteiger partial charge in [0, 0.05) is 16.7 Å². The van der Waals surface area contributed by atoms with Crippen LogP contribution < -0.4 is 0 Å². The molecular weight excluding hydrogens is 522 g/mol. The van der Waals surface area contributed by atoms with Crippen molar-refractivity contribution in [2.45, 2.75) is 6.42 Å². The summed E-state index contributed by atoms with van der Waals surface area (Å²) in [7, 11) is 0. The van der Waals surface area contributed by atoms with Crippen molar-refractivity contribution in [3.8, 4) is 67.5 Å². The standard InChI is InChI=1S/C40H27N3/c1-3-11-27(12-4-1)28-21-23-30(24-22-28)39-41-38(29-13-5-2-6-14-29)42-40(43-39)33-17-9-16-31(25-33)35-19-10-20-36-34-18-8-7-15-32(34)26-37(35)36/h1-25H,26H2. The maximum Gasteiger partial charge on any atom is 0.164 e. The first-order valence-corrected chi connectivity index (χ1v) is 14.6. The van der Waals surface area contributed by atoms with Crippen LogP contribution in [0.15, 0.2) is 152 Å². The molecule has 0 saturated heterocycles. The lowest BCUT2D eigenvalue weighted by molar-refractivity contribution is 1.07. The van der Waals surface area contributed by atoms with Crippen LogP contribution in [0.1, 0.15) is 11.1 Å². The Kier molecular flexibility index (Phi) is 6.20.